The molecule has 1 heterocycles. The lowest BCUT2D eigenvalue weighted by molar-refractivity contribution is 0.0711. The third-order valence-electron chi connectivity index (χ3n) is 3.77. The van der Waals surface area contributed by atoms with Crippen LogP contribution in [0.2, 0.25) is 0 Å². The van der Waals surface area contributed by atoms with Gasteiger partial charge in [0, 0.05) is 0 Å². The van der Waals surface area contributed by atoms with Crippen molar-refractivity contribution in [3.05, 3.63) is 35.9 Å². The van der Waals surface area contributed by atoms with Gasteiger partial charge in [-0.05, 0) is 43.3 Å². The first-order valence-corrected chi connectivity index (χ1v) is 6.23. The highest BCUT2D eigenvalue weighted by Gasteiger charge is 2.26. The van der Waals surface area contributed by atoms with E-state index in [0.717, 1.165) is 18.7 Å². The van der Waals surface area contributed by atoms with Gasteiger partial charge < -0.3 is 10.4 Å². The van der Waals surface area contributed by atoms with Crippen LogP contribution in [0.5, 0.6) is 0 Å². The average molecular weight is 219 g/mol. The molecule has 1 aliphatic rings. The maximum absolute atomic E-state index is 10.3. The number of aliphatic hydroxyl groups is 1. The molecule has 0 bridgehead atoms. The van der Waals surface area contributed by atoms with Gasteiger partial charge in [-0.15, -0.1) is 0 Å². The summed E-state index contributed by atoms with van der Waals surface area (Å²) < 4.78 is 0. The highest BCUT2D eigenvalue weighted by atomic mass is 16.3. The molecule has 0 spiro atoms. The minimum atomic E-state index is -0.315. The Morgan fingerprint density at radius 2 is 1.81 bits per heavy atom. The van der Waals surface area contributed by atoms with Crippen molar-refractivity contribution < 1.29 is 5.11 Å². The third-order valence-corrected chi connectivity index (χ3v) is 3.77. The Labute approximate surface area is 97.7 Å². The fourth-order valence-electron chi connectivity index (χ4n) is 2.58. The van der Waals surface area contributed by atoms with Crippen LogP contribution >= 0.6 is 0 Å². The van der Waals surface area contributed by atoms with Gasteiger partial charge in [0.2, 0.25) is 0 Å². The molecule has 0 amide bonds. The fraction of sp³-hybridized carbons (Fsp3) is 0.571. The standard InChI is InChI=1S/C14H21NO/c1-11(12-7-9-15-10-8-12)14(16)13-5-3-2-4-6-13/h2-6,11-12,14-16H,7-10H2,1H3. The largest absolute Gasteiger partial charge is 0.388 e. The summed E-state index contributed by atoms with van der Waals surface area (Å²) >= 11 is 0. The third kappa shape index (κ3) is 2.63. The quantitative estimate of drug-likeness (QED) is 0.818. The smallest absolute Gasteiger partial charge is 0.0818 e. The number of rotatable bonds is 3. The number of hydrogen-bond donors (Lipinski definition) is 2. The van der Waals surface area contributed by atoms with Crippen LogP contribution in [0.25, 0.3) is 0 Å². The van der Waals surface area contributed by atoms with E-state index in [0.29, 0.717) is 11.8 Å². The van der Waals surface area contributed by atoms with Gasteiger partial charge in [-0.1, -0.05) is 37.3 Å². The second kappa shape index (κ2) is 5.46. The maximum Gasteiger partial charge on any atom is 0.0818 e. The molecule has 16 heavy (non-hydrogen) atoms. The van der Waals surface area contributed by atoms with Crippen molar-refractivity contribution in [1.29, 1.82) is 0 Å². The molecule has 1 aromatic rings. The lowest BCUT2D eigenvalue weighted by Gasteiger charge is -2.31. The van der Waals surface area contributed by atoms with E-state index in [9.17, 15) is 5.11 Å². The number of aliphatic hydroxyl groups excluding tert-OH is 1. The van der Waals surface area contributed by atoms with Gasteiger partial charge in [0.15, 0.2) is 0 Å². The molecule has 2 N–H and O–H groups in total. The van der Waals surface area contributed by atoms with Crippen molar-refractivity contribution in [3.63, 3.8) is 0 Å². The van der Waals surface area contributed by atoms with Crippen molar-refractivity contribution >= 4 is 0 Å². The lowest BCUT2D eigenvalue weighted by Crippen LogP contribution is -2.32. The number of nitrogens with one attached hydrogen (secondary N) is 1. The summed E-state index contributed by atoms with van der Waals surface area (Å²) in [6.07, 6.45) is 2.06. The molecule has 2 atom stereocenters. The van der Waals surface area contributed by atoms with Crippen molar-refractivity contribution in [2.45, 2.75) is 25.9 Å². The monoisotopic (exact) mass is 219 g/mol. The summed E-state index contributed by atoms with van der Waals surface area (Å²) in [5.41, 5.74) is 1.05. The highest BCUT2D eigenvalue weighted by Crippen LogP contribution is 2.32. The zero-order valence-electron chi connectivity index (χ0n) is 9.89. The molecule has 2 nitrogen and oxygen atoms in total. The van der Waals surface area contributed by atoms with Crippen molar-refractivity contribution in [2.24, 2.45) is 11.8 Å². The number of benzene rings is 1. The summed E-state index contributed by atoms with van der Waals surface area (Å²) in [4.78, 5) is 0. The topological polar surface area (TPSA) is 32.3 Å². The molecule has 2 rings (SSSR count). The first kappa shape index (κ1) is 11.6. The van der Waals surface area contributed by atoms with E-state index < -0.39 is 0 Å². The molecular weight excluding hydrogens is 198 g/mol. The maximum atomic E-state index is 10.3. The Kier molecular flexibility index (Phi) is 3.97. The molecule has 0 saturated carbocycles. The summed E-state index contributed by atoms with van der Waals surface area (Å²) in [6, 6.07) is 10.0. The second-order valence-corrected chi connectivity index (χ2v) is 4.80. The van der Waals surface area contributed by atoms with Crippen LogP contribution in [0.15, 0.2) is 30.3 Å². The summed E-state index contributed by atoms with van der Waals surface area (Å²) in [5, 5.41) is 13.7. The van der Waals surface area contributed by atoms with Crippen LogP contribution in [0.3, 0.4) is 0 Å². The van der Waals surface area contributed by atoms with Crippen LogP contribution in [-0.2, 0) is 0 Å². The highest BCUT2D eigenvalue weighted by molar-refractivity contribution is 5.18. The van der Waals surface area contributed by atoms with Crippen LogP contribution in [0, 0.1) is 11.8 Å². The Balaban J connectivity index is 2.00. The van der Waals surface area contributed by atoms with Gasteiger partial charge in [0.25, 0.3) is 0 Å². The van der Waals surface area contributed by atoms with E-state index in [-0.39, 0.29) is 6.10 Å². The second-order valence-electron chi connectivity index (χ2n) is 4.80. The van der Waals surface area contributed by atoms with E-state index in [2.05, 4.69) is 12.2 Å². The van der Waals surface area contributed by atoms with Crippen LogP contribution in [-0.4, -0.2) is 18.2 Å². The number of piperidine rings is 1. The molecule has 0 aromatic heterocycles. The van der Waals surface area contributed by atoms with Crippen molar-refractivity contribution in [3.8, 4) is 0 Å². The van der Waals surface area contributed by atoms with E-state index in [1.54, 1.807) is 0 Å². The Morgan fingerprint density at radius 1 is 1.19 bits per heavy atom. The van der Waals surface area contributed by atoms with E-state index in [4.69, 9.17) is 0 Å². The van der Waals surface area contributed by atoms with Gasteiger partial charge in [0.1, 0.15) is 0 Å². The van der Waals surface area contributed by atoms with Crippen LogP contribution in [0.1, 0.15) is 31.4 Å². The molecular formula is C14H21NO. The summed E-state index contributed by atoms with van der Waals surface area (Å²) in [5.74, 6) is 1.00. The van der Waals surface area contributed by atoms with E-state index >= 15 is 0 Å². The predicted molar refractivity (Wildman–Crippen MR) is 66.2 cm³/mol. The summed E-state index contributed by atoms with van der Waals surface area (Å²) in [6.45, 7) is 4.36. The van der Waals surface area contributed by atoms with E-state index in [1.165, 1.54) is 12.8 Å². The first-order valence-electron chi connectivity index (χ1n) is 6.23. The van der Waals surface area contributed by atoms with Gasteiger partial charge in [0.05, 0.1) is 6.10 Å². The number of hydrogen-bond acceptors (Lipinski definition) is 2. The summed E-state index contributed by atoms with van der Waals surface area (Å²) in [7, 11) is 0. The zero-order chi connectivity index (χ0) is 11.4. The van der Waals surface area contributed by atoms with Gasteiger partial charge in [-0.2, -0.15) is 0 Å². The van der Waals surface area contributed by atoms with Gasteiger partial charge in [-0.25, -0.2) is 0 Å². The molecule has 1 fully saturated rings. The fourth-order valence-corrected chi connectivity index (χ4v) is 2.58. The van der Waals surface area contributed by atoms with Crippen molar-refractivity contribution in [1.82, 2.24) is 5.32 Å². The van der Waals surface area contributed by atoms with Gasteiger partial charge in [-0.3, -0.25) is 0 Å². The van der Waals surface area contributed by atoms with Crippen LogP contribution < -0.4 is 5.32 Å². The minimum absolute atomic E-state index is 0.315. The minimum Gasteiger partial charge on any atom is -0.388 e. The average Bonchev–Trinajstić information content (AvgIpc) is 2.39. The molecule has 2 unspecified atom stereocenters. The predicted octanol–water partition coefficient (Wildman–Crippen LogP) is 2.36. The Bertz CT molecular complexity index is 306. The van der Waals surface area contributed by atoms with Crippen LogP contribution in [0.4, 0.5) is 0 Å². The van der Waals surface area contributed by atoms with E-state index in [1.807, 2.05) is 30.3 Å². The normalized spacial score (nSPS) is 21.6. The zero-order valence-corrected chi connectivity index (χ0v) is 9.89. The lowest BCUT2D eigenvalue weighted by atomic mass is 9.80. The molecule has 1 saturated heterocycles. The first-order chi connectivity index (χ1) is 7.79. The molecule has 0 radical (unpaired) electrons. The molecule has 0 aliphatic carbocycles. The Hall–Kier alpha value is -0.860. The molecule has 1 aromatic carbocycles. The van der Waals surface area contributed by atoms with Crippen molar-refractivity contribution in [2.75, 3.05) is 13.1 Å². The molecule has 88 valence electrons. The SMILES string of the molecule is CC(C1CCNCC1)C(O)c1ccccc1. The molecule has 2 heteroatoms. The van der Waals surface area contributed by atoms with Gasteiger partial charge >= 0.3 is 0 Å². The molecule has 1 aliphatic heterocycles. The Morgan fingerprint density at radius 3 is 2.44 bits per heavy atom.